The fraction of sp³-hybridized carbons (Fsp3) is 0.391. The minimum atomic E-state index is -3.48. The predicted octanol–water partition coefficient (Wildman–Crippen LogP) is 4.76. The number of piperidine rings is 1. The minimum Gasteiger partial charge on any atom is -0.447 e. The second kappa shape index (κ2) is 8.54. The fourth-order valence-corrected chi connectivity index (χ4v) is 4.47. The molecule has 170 valence electrons. The van der Waals surface area contributed by atoms with Gasteiger partial charge < -0.3 is 14.1 Å². The lowest BCUT2D eigenvalue weighted by atomic mass is 9.97. The number of rotatable bonds is 4. The molecule has 1 amide bonds. The second-order valence-electron chi connectivity index (χ2n) is 8.34. The number of halogens is 1. The summed E-state index contributed by atoms with van der Waals surface area (Å²) in [6.07, 6.45) is 2.02. The molecule has 1 aromatic heterocycles. The van der Waals surface area contributed by atoms with Crippen LogP contribution in [0.2, 0.25) is 0 Å². The van der Waals surface area contributed by atoms with Gasteiger partial charge in [-0.3, -0.25) is 0 Å². The van der Waals surface area contributed by atoms with Crippen molar-refractivity contribution >= 4 is 27.0 Å². The van der Waals surface area contributed by atoms with Gasteiger partial charge in [-0.1, -0.05) is 12.1 Å². The quantitative estimate of drug-likeness (QED) is 0.558. The highest BCUT2D eigenvalue weighted by atomic mass is 32.2. The monoisotopic (exact) mass is 460 g/mol. The zero-order valence-corrected chi connectivity index (χ0v) is 19.0. The van der Waals surface area contributed by atoms with Gasteiger partial charge in [-0.05, 0) is 56.5 Å². The van der Waals surface area contributed by atoms with E-state index in [4.69, 9.17) is 9.15 Å². The van der Waals surface area contributed by atoms with Gasteiger partial charge >= 0.3 is 6.09 Å². The smallest absolute Gasteiger partial charge is 0.410 e. The first kappa shape index (κ1) is 22.3. The number of hydrogen-bond donors (Lipinski definition) is 0. The molecule has 0 saturated carbocycles. The van der Waals surface area contributed by atoms with Crippen molar-refractivity contribution in [3.63, 3.8) is 0 Å². The molecule has 2 heterocycles. The number of fused-ring (bicyclic) bond motifs is 1. The third-order valence-electron chi connectivity index (χ3n) is 5.52. The van der Waals surface area contributed by atoms with E-state index in [1.807, 2.05) is 13.8 Å². The summed E-state index contributed by atoms with van der Waals surface area (Å²) in [7, 11) is -3.48. The zero-order valence-electron chi connectivity index (χ0n) is 18.2. The van der Waals surface area contributed by atoms with Crippen molar-refractivity contribution in [3.8, 4) is 11.1 Å². The number of benzene rings is 2. The number of carbonyl (C=O) groups is 1. The van der Waals surface area contributed by atoms with Gasteiger partial charge in [0.15, 0.2) is 21.3 Å². The lowest BCUT2D eigenvalue weighted by molar-refractivity contribution is 0.0681. The first-order valence-electron chi connectivity index (χ1n) is 10.5. The van der Waals surface area contributed by atoms with Crippen molar-refractivity contribution < 1.29 is 26.8 Å². The Morgan fingerprint density at radius 3 is 2.53 bits per heavy atom. The highest BCUT2D eigenvalue weighted by Crippen LogP contribution is 2.33. The Kier molecular flexibility index (Phi) is 5.94. The fourth-order valence-electron chi connectivity index (χ4n) is 3.83. The number of sulfone groups is 1. The van der Waals surface area contributed by atoms with Gasteiger partial charge in [-0.25, -0.2) is 22.6 Å². The molecule has 1 saturated heterocycles. The standard InChI is InChI=1S/C23H25FN2O5S/c1-14(2)30-23(27)26-10-8-15(9-11-26)22-25-20-12-16(4-7-21(20)31-22)18-6-5-17(13-19(18)24)32(3,28)29/h4-7,12-15H,8-11H2,1-3H3. The van der Waals surface area contributed by atoms with E-state index < -0.39 is 15.7 Å². The highest BCUT2D eigenvalue weighted by Gasteiger charge is 2.28. The number of aromatic nitrogens is 1. The summed E-state index contributed by atoms with van der Waals surface area (Å²) >= 11 is 0. The molecule has 0 spiro atoms. The Balaban J connectivity index is 1.53. The first-order chi connectivity index (χ1) is 15.1. The van der Waals surface area contributed by atoms with Gasteiger partial charge in [0, 0.05) is 30.8 Å². The van der Waals surface area contributed by atoms with Crippen LogP contribution in [0.5, 0.6) is 0 Å². The lowest BCUT2D eigenvalue weighted by Crippen LogP contribution is -2.39. The molecule has 0 aliphatic carbocycles. The summed E-state index contributed by atoms with van der Waals surface area (Å²) in [5, 5.41) is 0. The average Bonchev–Trinajstić information content (AvgIpc) is 3.16. The van der Waals surface area contributed by atoms with Crippen molar-refractivity contribution in [2.45, 2.75) is 43.6 Å². The number of nitrogens with zero attached hydrogens (tertiary/aromatic N) is 2. The summed E-state index contributed by atoms with van der Waals surface area (Å²) in [5.74, 6) is 0.0679. The van der Waals surface area contributed by atoms with E-state index in [0.29, 0.717) is 54.0 Å². The zero-order chi connectivity index (χ0) is 23.0. The van der Waals surface area contributed by atoms with E-state index >= 15 is 0 Å². The van der Waals surface area contributed by atoms with Crippen LogP contribution in [0, 0.1) is 5.82 Å². The third kappa shape index (κ3) is 4.62. The molecule has 1 aliphatic rings. The number of ether oxygens (including phenoxy) is 1. The van der Waals surface area contributed by atoms with E-state index in [2.05, 4.69) is 4.98 Å². The van der Waals surface area contributed by atoms with E-state index in [1.54, 1.807) is 23.1 Å². The van der Waals surface area contributed by atoms with Crippen LogP contribution in [0.15, 0.2) is 45.7 Å². The summed E-state index contributed by atoms with van der Waals surface area (Å²) in [6.45, 7) is 4.78. The molecular formula is C23H25FN2O5S. The molecule has 4 rings (SSSR count). The molecule has 9 heteroatoms. The molecular weight excluding hydrogens is 435 g/mol. The van der Waals surface area contributed by atoms with Crippen LogP contribution in [0.25, 0.3) is 22.2 Å². The van der Waals surface area contributed by atoms with Crippen LogP contribution < -0.4 is 0 Å². The van der Waals surface area contributed by atoms with Crippen LogP contribution in [-0.2, 0) is 14.6 Å². The van der Waals surface area contributed by atoms with Crippen molar-refractivity contribution in [3.05, 3.63) is 48.1 Å². The van der Waals surface area contributed by atoms with Gasteiger partial charge in [0.1, 0.15) is 11.3 Å². The van der Waals surface area contributed by atoms with E-state index in [0.717, 1.165) is 12.3 Å². The lowest BCUT2D eigenvalue weighted by Gasteiger charge is -2.30. The molecule has 3 aromatic rings. The molecule has 0 radical (unpaired) electrons. The van der Waals surface area contributed by atoms with Crippen molar-refractivity contribution in [2.24, 2.45) is 0 Å². The Labute approximate surface area is 186 Å². The van der Waals surface area contributed by atoms with E-state index in [9.17, 15) is 17.6 Å². The normalized spacial score (nSPS) is 15.5. The first-order valence-corrected chi connectivity index (χ1v) is 12.4. The van der Waals surface area contributed by atoms with Crippen molar-refractivity contribution in [1.82, 2.24) is 9.88 Å². The molecule has 0 bridgehead atoms. The van der Waals surface area contributed by atoms with Gasteiger partial charge in [0.05, 0.1) is 11.0 Å². The molecule has 7 nitrogen and oxygen atoms in total. The maximum Gasteiger partial charge on any atom is 0.410 e. The molecule has 32 heavy (non-hydrogen) atoms. The summed E-state index contributed by atoms with van der Waals surface area (Å²) in [6, 6.07) is 9.07. The van der Waals surface area contributed by atoms with Gasteiger partial charge in [-0.15, -0.1) is 0 Å². The van der Waals surface area contributed by atoms with Crippen LogP contribution in [0.3, 0.4) is 0 Å². The molecule has 1 fully saturated rings. The van der Waals surface area contributed by atoms with E-state index in [1.165, 1.54) is 12.1 Å². The van der Waals surface area contributed by atoms with Gasteiger partial charge in [0.25, 0.3) is 0 Å². The summed E-state index contributed by atoms with van der Waals surface area (Å²) in [4.78, 5) is 18.3. The Morgan fingerprint density at radius 1 is 1.19 bits per heavy atom. The minimum absolute atomic E-state index is 0.0628. The number of amides is 1. The predicted molar refractivity (Wildman–Crippen MR) is 118 cm³/mol. The third-order valence-corrected chi connectivity index (χ3v) is 6.63. The Bertz CT molecular complexity index is 1260. The number of likely N-dealkylation sites (tertiary alicyclic amines) is 1. The molecule has 1 aliphatic heterocycles. The van der Waals surface area contributed by atoms with Gasteiger partial charge in [-0.2, -0.15) is 0 Å². The number of oxazole rings is 1. The molecule has 0 unspecified atom stereocenters. The number of hydrogen-bond acceptors (Lipinski definition) is 6. The maximum absolute atomic E-state index is 14.6. The topological polar surface area (TPSA) is 89.7 Å². The largest absolute Gasteiger partial charge is 0.447 e. The number of carbonyl (C=O) groups excluding carboxylic acids is 1. The van der Waals surface area contributed by atoms with Crippen LogP contribution in [0.4, 0.5) is 9.18 Å². The molecule has 0 N–H and O–H groups in total. The maximum atomic E-state index is 14.6. The van der Waals surface area contributed by atoms with Crippen LogP contribution in [0.1, 0.15) is 38.5 Å². The van der Waals surface area contributed by atoms with Gasteiger partial charge in [0.2, 0.25) is 0 Å². The van der Waals surface area contributed by atoms with Crippen molar-refractivity contribution in [2.75, 3.05) is 19.3 Å². The highest BCUT2D eigenvalue weighted by molar-refractivity contribution is 7.90. The molecule has 0 atom stereocenters. The average molecular weight is 461 g/mol. The van der Waals surface area contributed by atoms with Crippen LogP contribution >= 0.6 is 0 Å². The Hall–Kier alpha value is -2.94. The van der Waals surface area contributed by atoms with Crippen LogP contribution in [-0.4, -0.2) is 49.8 Å². The SMILES string of the molecule is CC(C)OC(=O)N1CCC(c2nc3cc(-c4ccc(S(C)(=O)=O)cc4F)ccc3o2)CC1. The summed E-state index contributed by atoms with van der Waals surface area (Å²) < 4.78 is 49.1. The second-order valence-corrected chi connectivity index (χ2v) is 10.4. The van der Waals surface area contributed by atoms with E-state index in [-0.39, 0.29) is 23.0 Å². The molecule has 2 aromatic carbocycles. The summed E-state index contributed by atoms with van der Waals surface area (Å²) in [5.41, 5.74) is 2.08. The van der Waals surface area contributed by atoms with Crippen molar-refractivity contribution in [1.29, 1.82) is 0 Å². The Morgan fingerprint density at radius 2 is 1.91 bits per heavy atom.